The van der Waals surface area contributed by atoms with Gasteiger partial charge < -0.3 is 16.0 Å². The highest BCUT2D eigenvalue weighted by atomic mass is 35.5. The average Bonchev–Trinajstić information content (AvgIpc) is 3.12. The number of carbonyl (C=O) groups is 2. The van der Waals surface area contributed by atoms with E-state index in [0.29, 0.717) is 49.0 Å². The first-order valence-corrected chi connectivity index (χ1v) is 9.36. The predicted molar refractivity (Wildman–Crippen MR) is 115 cm³/mol. The van der Waals surface area contributed by atoms with Gasteiger partial charge in [0.25, 0.3) is 5.91 Å². The van der Waals surface area contributed by atoms with Crippen LogP contribution in [0.3, 0.4) is 0 Å². The topological polar surface area (TPSA) is 78.7 Å². The van der Waals surface area contributed by atoms with Crippen LogP contribution in [-0.2, 0) is 6.42 Å². The van der Waals surface area contributed by atoms with Gasteiger partial charge >= 0.3 is 6.03 Å². The van der Waals surface area contributed by atoms with E-state index in [4.69, 9.17) is 17.3 Å². The van der Waals surface area contributed by atoms with Gasteiger partial charge in [0.2, 0.25) is 0 Å². The van der Waals surface area contributed by atoms with Gasteiger partial charge in [0.15, 0.2) is 0 Å². The van der Waals surface area contributed by atoms with Crippen LogP contribution in [0.5, 0.6) is 0 Å². The molecule has 1 fully saturated rings. The number of hydrogen-bond acceptors (Lipinski definition) is 3. The number of rotatable bonds is 7. The predicted octanol–water partition coefficient (Wildman–Crippen LogP) is 2.94. The smallest absolute Gasteiger partial charge is 0.321 e. The second-order valence-electron chi connectivity index (χ2n) is 6.36. The molecule has 1 heterocycles. The fourth-order valence-corrected chi connectivity index (χ4v) is 3.31. The lowest BCUT2D eigenvalue weighted by Crippen LogP contribution is -2.37. The molecule has 1 aliphatic heterocycles. The summed E-state index contributed by atoms with van der Waals surface area (Å²) in [5, 5.41) is 3.12. The normalized spacial score (nSPS) is 13.1. The fraction of sp³-hybridized carbons (Fsp3) is 0.300. The van der Waals surface area contributed by atoms with E-state index in [1.165, 1.54) is 0 Å². The molecule has 0 aliphatic carbocycles. The molecule has 8 heteroatoms. The lowest BCUT2D eigenvalue weighted by atomic mass is 10.1. The van der Waals surface area contributed by atoms with Crippen molar-refractivity contribution < 1.29 is 9.59 Å². The van der Waals surface area contributed by atoms with E-state index in [0.717, 1.165) is 12.0 Å². The first-order chi connectivity index (χ1) is 13.1. The standard InChI is InChI=1S/C20H23ClN4O2.ClH/c21-18-7-6-16(25-13-10-23-20(25)27)14-17(18)19(26)24(12-9-22)11-8-15-4-2-1-3-5-15;/h1-7,14H,8-13,22H2,(H,23,27);1H. The van der Waals surface area contributed by atoms with Crippen molar-refractivity contribution in [1.29, 1.82) is 0 Å². The summed E-state index contributed by atoms with van der Waals surface area (Å²) in [7, 11) is 0. The minimum Gasteiger partial charge on any atom is -0.337 e. The third-order valence-corrected chi connectivity index (χ3v) is 4.88. The molecule has 0 atom stereocenters. The summed E-state index contributed by atoms with van der Waals surface area (Å²) in [4.78, 5) is 28.3. The van der Waals surface area contributed by atoms with Gasteiger partial charge in [0.05, 0.1) is 10.6 Å². The Kier molecular flexibility index (Phi) is 8.11. The van der Waals surface area contributed by atoms with Gasteiger partial charge in [-0.2, -0.15) is 0 Å². The van der Waals surface area contributed by atoms with Gasteiger partial charge in [0.1, 0.15) is 0 Å². The summed E-state index contributed by atoms with van der Waals surface area (Å²) >= 11 is 6.30. The Morgan fingerprint density at radius 3 is 2.57 bits per heavy atom. The molecule has 0 aromatic heterocycles. The molecular formula is C20H24Cl2N4O2. The van der Waals surface area contributed by atoms with Crippen LogP contribution in [0.1, 0.15) is 15.9 Å². The van der Waals surface area contributed by atoms with E-state index in [2.05, 4.69) is 5.32 Å². The Balaban J connectivity index is 0.00000280. The van der Waals surface area contributed by atoms with Crippen LogP contribution in [0.2, 0.25) is 5.02 Å². The van der Waals surface area contributed by atoms with Crippen molar-refractivity contribution >= 4 is 41.6 Å². The van der Waals surface area contributed by atoms with Crippen molar-refractivity contribution in [3.8, 4) is 0 Å². The minimum atomic E-state index is -0.178. The van der Waals surface area contributed by atoms with Gasteiger partial charge in [-0.15, -0.1) is 12.4 Å². The van der Waals surface area contributed by atoms with Crippen LogP contribution >= 0.6 is 24.0 Å². The highest BCUT2D eigenvalue weighted by Crippen LogP contribution is 2.25. The highest BCUT2D eigenvalue weighted by molar-refractivity contribution is 6.34. The molecule has 3 rings (SSSR count). The molecule has 0 unspecified atom stereocenters. The molecule has 1 saturated heterocycles. The van der Waals surface area contributed by atoms with Crippen LogP contribution in [0.25, 0.3) is 0 Å². The summed E-state index contributed by atoms with van der Waals surface area (Å²) in [6.07, 6.45) is 0.735. The number of carbonyl (C=O) groups excluding carboxylic acids is 2. The van der Waals surface area contributed by atoms with Gasteiger partial charge in [-0.3, -0.25) is 9.69 Å². The first-order valence-electron chi connectivity index (χ1n) is 8.98. The van der Waals surface area contributed by atoms with Crippen LogP contribution < -0.4 is 16.0 Å². The molecule has 0 radical (unpaired) electrons. The second kappa shape index (κ2) is 10.3. The Morgan fingerprint density at radius 1 is 1.18 bits per heavy atom. The van der Waals surface area contributed by atoms with E-state index >= 15 is 0 Å². The second-order valence-corrected chi connectivity index (χ2v) is 6.77. The number of nitrogens with one attached hydrogen (secondary N) is 1. The van der Waals surface area contributed by atoms with Crippen molar-refractivity contribution in [3.63, 3.8) is 0 Å². The maximum Gasteiger partial charge on any atom is 0.321 e. The molecule has 0 spiro atoms. The number of urea groups is 1. The Hall–Kier alpha value is -2.28. The zero-order valence-corrected chi connectivity index (χ0v) is 17.0. The van der Waals surface area contributed by atoms with E-state index in [-0.39, 0.29) is 24.3 Å². The Morgan fingerprint density at radius 2 is 1.93 bits per heavy atom. The molecule has 28 heavy (non-hydrogen) atoms. The van der Waals surface area contributed by atoms with Gasteiger partial charge in [-0.05, 0) is 30.2 Å². The number of amides is 3. The lowest BCUT2D eigenvalue weighted by molar-refractivity contribution is 0.0762. The minimum absolute atomic E-state index is 0. The molecule has 6 nitrogen and oxygen atoms in total. The number of nitrogens with two attached hydrogens (primary N) is 1. The molecule has 0 saturated carbocycles. The summed E-state index contributed by atoms with van der Waals surface area (Å²) in [5.74, 6) is -0.178. The van der Waals surface area contributed by atoms with Crippen LogP contribution in [0.4, 0.5) is 10.5 Å². The van der Waals surface area contributed by atoms with Gasteiger partial charge in [-0.25, -0.2) is 4.79 Å². The fourth-order valence-electron chi connectivity index (χ4n) is 3.11. The quantitative estimate of drug-likeness (QED) is 0.719. The summed E-state index contributed by atoms with van der Waals surface area (Å²) < 4.78 is 0. The van der Waals surface area contributed by atoms with Crippen molar-refractivity contribution in [2.75, 3.05) is 37.6 Å². The maximum absolute atomic E-state index is 13.1. The number of anilines is 1. The molecule has 2 aromatic rings. The van der Waals surface area contributed by atoms with Crippen LogP contribution in [0.15, 0.2) is 48.5 Å². The summed E-state index contributed by atoms with van der Waals surface area (Å²) in [6.45, 7) is 2.50. The zero-order chi connectivity index (χ0) is 19.2. The van der Waals surface area contributed by atoms with E-state index < -0.39 is 0 Å². The van der Waals surface area contributed by atoms with Gasteiger partial charge in [-0.1, -0.05) is 41.9 Å². The average molecular weight is 423 g/mol. The monoisotopic (exact) mass is 422 g/mol. The SMILES string of the molecule is Cl.NCCN(CCc1ccccc1)C(=O)c1cc(N2CCNC2=O)ccc1Cl. The molecule has 150 valence electrons. The lowest BCUT2D eigenvalue weighted by Gasteiger charge is -2.24. The number of hydrogen-bond donors (Lipinski definition) is 2. The Labute approximate surface area is 176 Å². The third kappa shape index (κ3) is 5.16. The van der Waals surface area contributed by atoms with E-state index in [9.17, 15) is 9.59 Å². The van der Waals surface area contributed by atoms with Crippen molar-refractivity contribution in [2.45, 2.75) is 6.42 Å². The number of halogens is 2. The van der Waals surface area contributed by atoms with E-state index in [1.807, 2.05) is 30.3 Å². The maximum atomic E-state index is 13.1. The largest absolute Gasteiger partial charge is 0.337 e. The zero-order valence-electron chi connectivity index (χ0n) is 15.4. The summed E-state index contributed by atoms with van der Waals surface area (Å²) in [5.41, 5.74) is 7.91. The molecular weight excluding hydrogens is 399 g/mol. The molecule has 3 amide bonds. The third-order valence-electron chi connectivity index (χ3n) is 4.55. The molecule has 2 aromatic carbocycles. The van der Waals surface area contributed by atoms with Crippen LogP contribution in [0, 0.1) is 0 Å². The molecule has 3 N–H and O–H groups in total. The van der Waals surface area contributed by atoms with E-state index in [1.54, 1.807) is 28.0 Å². The highest BCUT2D eigenvalue weighted by Gasteiger charge is 2.24. The van der Waals surface area contributed by atoms with Crippen molar-refractivity contribution in [1.82, 2.24) is 10.2 Å². The molecule has 0 bridgehead atoms. The summed E-state index contributed by atoms with van der Waals surface area (Å²) in [6, 6.07) is 14.9. The van der Waals surface area contributed by atoms with Crippen LogP contribution in [-0.4, -0.2) is 49.6 Å². The number of nitrogens with zero attached hydrogens (tertiary/aromatic N) is 2. The van der Waals surface area contributed by atoms with Crippen molar-refractivity contribution in [3.05, 3.63) is 64.7 Å². The van der Waals surface area contributed by atoms with Gasteiger partial charge in [0, 0.05) is 38.4 Å². The molecule has 1 aliphatic rings. The van der Waals surface area contributed by atoms with Crippen molar-refractivity contribution in [2.24, 2.45) is 5.73 Å². The first kappa shape index (κ1) is 22.0. The Bertz CT molecular complexity index is 817. The number of benzene rings is 2.